The monoisotopic (exact) mass is 415 g/mol. The number of nitrogens with one attached hydrogen (secondary N) is 1. The highest BCUT2D eigenvalue weighted by atomic mass is 16.5. The van der Waals surface area contributed by atoms with Crippen LogP contribution in [0.1, 0.15) is 50.8 Å². The molecule has 0 bridgehead atoms. The fourth-order valence-corrected chi connectivity index (χ4v) is 4.37. The van der Waals surface area contributed by atoms with E-state index in [2.05, 4.69) is 48.3 Å². The van der Waals surface area contributed by atoms with Gasteiger partial charge in [-0.05, 0) is 56.3 Å². The first-order chi connectivity index (χ1) is 14.4. The number of morpholine rings is 1. The number of ether oxygens (including phenoxy) is 1. The van der Waals surface area contributed by atoms with Crippen LogP contribution in [0.3, 0.4) is 0 Å². The van der Waals surface area contributed by atoms with Crippen molar-refractivity contribution in [2.75, 3.05) is 45.9 Å². The van der Waals surface area contributed by atoms with E-state index in [-0.39, 0.29) is 23.8 Å². The highest BCUT2D eigenvalue weighted by molar-refractivity contribution is 5.80. The topological polar surface area (TPSA) is 61.9 Å². The van der Waals surface area contributed by atoms with E-state index in [0.29, 0.717) is 38.8 Å². The first-order valence-electron chi connectivity index (χ1n) is 11.4. The van der Waals surface area contributed by atoms with E-state index in [0.717, 1.165) is 37.9 Å². The molecule has 0 radical (unpaired) electrons. The highest BCUT2D eigenvalue weighted by Crippen LogP contribution is 2.21. The van der Waals surface area contributed by atoms with Crippen molar-refractivity contribution in [2.24, 2.45) is 11.8 Å². The quantitative estimate of drug-likeness (QED) is 0.744. The number of hydrogen-bond donors (Lipinski definition) is 1. The fourth-order valence-electron chi connectivity index (χ4n) is 4.37. The smallest absolute Gasteiger partial charge is 0.234 e. The second kappa shape index (κ2) is 10.9. The Hall–Kier alpha value is -1.92. The Bertz CT molecular complexity index is 690. The summed E-state index contributed by atoms with van der Waals surface area (Å²) in [4.78, 5) is 29.3. The van der Waals surface area contributed by atoms with Gasteiger partial charge in [0.1, 0.15) is 0 Å². The summed E-state index contributed by atoms with van der Waals surface area (Å²) in [6.45, 7) is 11.2. The lowest BCUT2D eigenvalue weighted by atomic mass is 9.95. The molecule has 6 nitrogen and oxygen atoms in total. The van der Waals surface area contributed by atoms with Gasteiger partial charge >= 0.3 is 0 Å². The molecule has 2 aliphatic rings. The van der Waals surface area contributed by atoms with Crippen molar-refractivity contribution < 1.29 is 14.3 Å². The Labute approximate surface area is 180 Å². The Morgan fingerprint density at radius 1 is 1.03 bits per heavy atom. The number of carbonyl (C=O) groups is 2. The third-order valence-electron chi connectivity index (χ3n) is 6.13. The number of rotatable bonds is 7. The molecule has 1 aromatic carbocycles. The van der Waals surface area contributed by atoms with E-state index in [1.54, 1.807) is 0 Å². The van der Waals surface area contributed by atoms with E-state index in [1.165, 1.54) is 5.56 Å². The first-order valence-corrected chi connectivity index (χ1v) is 11.4. The van der Waals surface area contributed by atoms with Gasteiger partial charge in [0.15, 0.2) is 0 Å². The molecule has 2 amide bonds. The van der Waals surface area contributed by atoms with Gasteiger partial charge in [-0.3, -0.25) is 14.5 Å². The number of nitrogens with zero attached hydrogens (tertiary/aromatic N) is 2. The molecule has 0 spiro atoms. The van der Waals surface area contributed by atoms with Crippen LogP contribution in [0.5, 0.6) is 0 Å². The zero-order chi connectivity index (χ0) is 21.5. The molecule has 1 aromatic rings. The zero-order valence-electron chi connectivity index (χ0n) is 18.7. The van der Waals surface area contributed by atoms with Gasteiger partial charge < -0.3 is 15.0 Å². The van der Waals surface area contributed by atoms with Crippen LogP contribution in [-0.2, 0) is 20.7 Å². The van der Waals surface area contributed by atoms with E-state index < -0.39 is 0 Å². The second-order valence-corrected chi connectivity index (χ2v) is 9.12. The van der Waals surface area contributed by atoms with Crippen molar-refractivity contribution in [1.82, 2.24) is 15.1 Å². The molecule has 6 heteroatoms. The van der Waals surface area contributed by atoms with E-state index in [9.17, 15) is 9.59 Å². The molecule has 2 fully saturated rings. The average Bonchev–Trinajstić information content (AvgIpc) is 2.74. The van der Waals surface area contributed by atoms with Crippen molar-refractivity contribution in [1.29, 1.82) is 0 Å². The second-order valence-electron chi connectivity index (χ2n) is 9.12. The summed E-state index contributed by atoms with van der Waals surface area (Å²) in [7, 11) is 0. The number of benzene rings is 1. The maximum Gasteiger partial charge on any atom is 0.234 e. The molecule has 1 N–H and O–H groups in total. The molecule has 1 unspecified atom stereocenters. The van der Waals surface area contributed by atoms with Gasteiger partial charge in [0.2, 0.25) is 11.8 Å². The SMILES string of the molecule is CC(C)Cc1ccc(C(C)NC(=O)CN2CCC(C(=O)N3CCOCC3)CC2)cc1. The number of likely N-dealkylation sites (tertiary alicyclic amines) is 1. The van der Waals surface area contributed by atoms with Crippen molar-refractivity contribution in [3.05, 3.63) is 35.4 Å². The van der Waals surface area contributed by atoms with Crippen LogP contribution in [0.4, 0.5) is 0 Å². The van der Waals surface area contributed by atoms with E-state index in [1.807, 2.05) is 11.8 Å². The molecule has 30 heavy (non-hydrogen) atoms. The summed E-state index contributed by atoms with van der Waals surface area (Å²) < 4.78 is 5.34. The third kappa shape index (κ3) is 6.54. The summed E-state index contributed by atoms with van der Waals surface area (Å²) in [6.07, 6.45) is 2.73. The molecule has 0 aromatic heterocycles. The normalized spacial score (nSPS) is 19.7. The number of amides is 2. The first kappa shape index (κ1) is 22.8. The van der Waals surface area contributed by atoms with Crippen molar-refractivity contribution in [3.8, 4) is 0 Å². The van der Waals surface area contributed by atoms with Gasteiger partial charge in [-0.2, -0.15) is 0 Å². The van der Waals surface area contributed by atoms with Crippen LogP contribution in [0.15, 0.2) is 24.3 Å². The van der Waals surface area contributed by atoms with Gasteiger partial charge in [0.05, 0.1) is 25.8 Å². The minimum atomic E-state index is -0.00830. The van der Waals surface area contributed by atoms with E-state index >= 15 is 0 Å². The van der Waals surface area contributed by atoms with Gasteiger partial charge in [0.25, 0.3) is 0 Å². The van der Waals surface area contributed by atoms with Crippen LogP contribution in [0, 0.1) is 11.8 Å². The Morgan fingerprint density at radius 2 is 1.67 bits per heavy atom. The summed E-state index contributed by atoms with van der Waals surface area (Å²) in [5.74, 6) is 1.04. The van der Waals surface area contributed by atoms with Crippen molar-refractivity contribution in [3.63, 3.8) is 0 Å². The average molecular weight is 416 g/mol. The Balaban J connectivity index is 1.40. The number of piperidine rings is 1. The lowest BCUT2D eigenvalue weighted by molar-refractivity contribution is -0.141. The Kier molecular flexibility index (Phi) is 8.28. The molecule has 0 aliphatic carbocycles. The van der Waals surface area contributed by atoms with Crippen LogP contribution < -0.4 is 5.32 Å². The molecular weight excluding hydrogens is 378 g/mol. The molecule has 1 atom stereocenters. The standard InChI is InChI=1S/C24H37N3O3/c1-18(2)16-20-4-6-21(7-5-20)19(3)25-23(28)17-26-10-8-22(9-11-26)24(29)27-12-14-30-15-13-27/h4-7,18-19,22H,8-17H2,1-3H3,(H,25,28). The molecule has 166 valence electrons. The molecule has 2 aliphatic heterocycles. The van der Waals surface area contributed by atoms with Gasteiger partial charge in [-0.15, -0.1) is 0 Å². The predicted octanol–water partition coefficient (Wildman–Crippen LogP) is 2.63. The lowest BCUT2D eigenvalue weighted by Crippen LogP contribution is -2.48. The molecule has 0 saturated carbocycles. The molecule has 2 heterocycles. The van der Waals surface area contributed by atoms with Crippen LogP contribution in [-0.4, -0.2) is 67.6 Å². The maximum atomic E-state index is 12.6. The fraction of sp³-hybridized carbons (Fsp3) is 0.667. The zero-order valence-corrected chi connectivity index (χ0v) is 18.7. The molecular formula is C24H37N3O3. The van der Waals surface area contributed by atoms with Crippen LogP contribution >= 0.6 is 0 Å². The van der Waals surface area contributed by atoms with Crippen LogP contribution in [0.2, 0.25) is 0 Å². The Morgan fingerprint density at radius 3 is 2.27 bits per heavy atom. The van der Waals surface area contributed by atoms with Gasteiger partial charge in [0, 0.05) is 19.0 Å². The van der Waals surface area contributed by atoms with Crippen molar-refractivity contribution in [2.45, 2.75) is 46.1 Å². The minimum absolute atomic E-state index is 0.00830. The summed E-state index contributed by atoms with van der Waals surface area (Å²) in [5.41, 5.74) is 2.47. The summed E-state index contributed by atoms with van der Waals surface area (Å²) in [6, 6.07) is 8.55. The molecule has 2 saturated heterocycles. The largest absolute Gasteiger partial charge is 0.378 e. The lowest BCUT2D eigenvalue weighted by Gasteiger charge is -2.35. The predicted molar refractivity (Wildman–Crippen MR) is 118 cm³/mol. The summed E-state index contributed by atoms with van der Waals surface area (Å²) >= 11 is 0. The maximum absolute atomic E-state index is 12.6. The highest BCUT2D eigenvalue weighted by Gasteiger charge is 2.30. The molecule has 3 rings (SSSR count). The number of carbonyl (C=O) groups excluding carboxylic acids is 2. The van der Waals surface area contributed by atoms with Crippen LogP contribution in [0.25, 0.3) is 0 Å². The van der Waals surface area contributed by atoms with Gasteiger partial charge in [-0.25, -0.2) is 0 Å². The van der Waals surface area contributed by atoms with E-state index in [4.69, 9.17) is 4.74 Å². The number of hydrogen-bond acceptors (Lipinski definition) is 4. The third-order valence-corrected chi connectivity index (χ3v) is 6.13. The minimum Gasteiger partial charge on any atom is -0.378 e. The summed E-state index contributed by atoms with van der Waals surface area (Å²) in [5, 5.41) is 3.12. The van der Waals surface area contributed by atoms with Gasteiger partial charge in [-0.1, -0.05) is 38.1 Å². The van der Waals surface area contributed by atoms with Crippen molar-refractivity contribution >= 4 is 11.8 Å².